The first-order valence-electron chi connectivity index (χ1n) is 8.29. The molecule has 0 aromatic carbocycles. The molecule has 1 saturated heterocycles. The summed E-state index contributed by atoms with van der Waals surface area (Å²) in [6.07, 6.45) is 8.45. The Morgan fingerprint density at radius 1 is 1.16 bits per heavy atom. The largest absolute Gasteiger partial charge is 0.356 e. The van der Waals surface area contributed by atoms with Gasteiger partial charge >= 0.3 is 0 Å². The van der Waals surface area contributed by atoms with Gasteiger partial charge < -0.3 is 10.2 Å². The van der Waals surface area contributed by atoms with Gasteiger partial charge in [-0.2, -0.15) is 10.2 Å². The van der Waals surface area contributed by atoms with Crippen molar-refractivity contribution in [3.8, 4) is 0 Å². The third kappa shape index (κ3) is 2.92. The van der Waals surface area contributed by atoms with E-state index < -0.39 is 0 Å². The lowest BCUT2D eigenvalue weighted by Crippen LogP contribution is -2.45. The van der Waals surface area contributed by atoms with Gasteiger partial charge in [0.1, 0.15) is 12.1 Å². The van der Waals surface area contributed by atoms with Crippen LogP contribution >= 0.6 is 0 Å². The van der Waals surface area contributed by atoms with E-state index in [0.717, 1.165) is 42.8 Å². The number of rotatable bonds is 3. The van der Waals surface area contributed by atoms with Gasteiger partial charge in [-0.25, -0.2) is 9.97 Å². The van der Waals surface area contributed by atoms with Crippen LogP contribution in [0, 0.1) is 0 Å². The lowest BCUT2D eigenvalue weighted by atomic mass is 10.0. The third-order valence-electron chi connectivity index (χ3n) is 4.61. The summed E-state index contributed by atoms with van der Waals surface area (Å²) >= 11 is 0. The second kappa shape index (κ2) is 6.15. The van der Waals surface area contributed by atoms with Crippen LogP contribution in [0.3, 0.4) is 0 Å². The van der Waals surface area contributed by atoms with Crippen molar-refractivity contribution in [3.63, 3.8) is 0 Å². The maximum Gasteiger partial charge on any atom is 0.254 e. The fraction of sp³-hybridized carbons (Fsp3) is 0.438. The van der Waals surface area contributed by atoms with Crippen LogP contribution in [0.25, 0.3) is 11.0 Å². The second-order valence-corrected chi connectivity index (χ2v) is 6.34. The van der Waals surface area contributed by atoms with E-state index in [1.54, 1.807) is 41.3 Å². The van der Waals surface area contributed by atoms with Crippen LogP contribution in [0.4, 0.5) is 5.82 Å². The molecule has 1 amide bonds. The number of piperidine rings is 1. The molecular weight excluding hydrogens is 320 g/mol. The molecule has 0 aliphatic carbocycles. The summed E-state index contributed by atoms with van der Waals surface area (Å²) in [5.74, 6) is 0.846. The van der Waals surface area contributed by atoms with Crippen LogP contribution in [-0.4, -0.2) is 54.6 Å². The minimum absolute atomic E-state index is 0.0664. The number of fused-ring (bicyclic) bond motifs is 1. The van der Waals surface area contributed by atoms with Gasteiger partial charge in [0.05, 0.1) is 23.3 Å². The molecule has 1 fully saturated rings. The molecule has 0 unspecified atom stereocenters. The summed E-state index contributed by atoms with van der Waals surface area (Å²) in [6, 6.07) is 0.162. The van der Waals surface area contributed by atoms with E-state index in [1.807, 2.05) is 7.05 Å². The Balaban J connectivity index is 1.42. The average Bonchev–Trinajstić information content (AvgIpc) is 3.22. The standard InChI is InChI=1S/C16H20N8O/c1-22-9-11(7-19-22)16(25)21-12-3-5-24(6-4-12)15-13-8-20-23(2)14(13)17-10-18-15/h7-10,12H,3-6H2,1-2H3,(H,21,25). The zero-order valence-corrected chi connectivity index (χ0v) is 14.3. The zero-order valence-electron chi connectivity index (χ0n) is 14.3. The van der Waals surface area contributed by atoms with E-state index in [0.29, 0.717) is 5.56 Å². The van der Waals surface area contributed by atoms with Gasteiger partial charge in [-0.1, -0.05) is 0 Å². The van der Waals surface area contributed by atoms with Crippen molar-refractivity contribution < 1.29 is 4.79 Å². The minimum Gasteiger partial charge on any atom is -0.356 e. The fourth-order valence-electron chi connectivity index (χ4n) is 3.24. The maximum atomic E-state index is 12.2. The normalized spacial score (nSPS) is 15.7. The van der Waals surface area contributed by atoms with Gasteiger partial charge in [0.15, 0.2) is 5.65 Å². The summed E-state index contributed by atoms with van der Waals surface area (Å²) in [5, 5.41) is 12.4. The SMILES string of the molecule is Cn1cc(C(=O)NC2CCN(c3ncnc4c3cnn4C)CC2)cn1. The number of amides is 1. The van der Waals surface area contributed by atoms with Gasteiger partial charge in [-0.05, 0) is 12.8 Å². The second-order valence-electron chi connectivity index (χ2n) is 6.34. The van der Waals surface area contributed by atoms with Gasteiger partial charge in [0.2, 0.25) is 0 Å². The number of carbonyl (C=O) groups excluding carboxylic acids is 1. The zero-order chi connectivity index (χ0) is 17.4. The van der Waals surface area contributed by atoms with Crippen molar-refractivity contribution in [1.29, 1.82) is 0 Å². The van der Waals surface area contributed by atoms with E-state index in [4.69, 9.17) is 0 Å². The average molecular weight is 340 g/mol. The van der Waals surface area contributed by atoms with Crippen LogP contribution in [0.2, 0.25) is 0 Å². The number of aromatic nitrogens is 6. The molecule has 9 nitrogen and oxygen atoms in total. The van der Waals surface area contributed by atoms with Gasteiger partial charge in [-0.3, -0.25) is 14.2 Å². The summed E-state index contributed by atoms with van der Waals surface area (Å²) in [6.45, 7) is 1.66. The quantitative estimate of drug-likeness (QED) is 0.746. The third-order valence-corrected chi connectivity index (χ3v) is 4.61. The minimum atomic E-state index is -0.0664. The van der Waals surface area contributed by atoms with E-state index in [2.05, 4.69) is 30.4 Å². The van der Waals surface area contributed by atoms with E-state index >= 15 is 0 Å². The maximum absolute atomic E-state index is 12.2. The summed E-state index contributed by atoms with van der Waals surface area (Å²) in [7, 11) is 3.68. The molecular formula is C16H20N8O. The van der Waals surface area contributed by atoms with Crippen LogP contribution in [0.15, 0.2) is 24.9 Å². The molecule has 9 heteroatoms. The first-order valence-corrected chi connectivity index (χ1v) is 8.29. The Hall–Kier alpha value is -2.97. The Labute approximate surface area is 144 Å². The monoisotopic (exact) mass is 340 g/mol. The molecule has 0 saturated carbocycles. The Morgan fingerprint density at radius 2 is 1.96 bits per heavy atom. The molecule has 0 atom stereocenters. The Morgan fingerprint density at radius 3 is 2.68 bits per heavy atom. The van der Waals surface area contributed by atoms with Gasteiger partial charge in [0.25, 0.3) is 5.91 Å². The van der Waals surface area contributed by atoms with E-state index in [-0.39, 0.29) is 11.9 Å². The summed E-state index contributed by atoms with van der Waals surface area (Å²) < 4.78 is 3.38. The molecule has 1 aliphatic rings. The highest BCUT2D eigenvalue weighted by molar-refractivity contribution is 5.94. The molecule has 1 aliphatic heterocycles. The number of anilines is 1. The van der Waals surface area contributed by atoms with E-state index in [9.17, 15) is 4.79 Å². The fourth-order valence-corrected chi connectivity index (χ4v) is 3.24. The number of hydrogen-bond donors (Lipinski definition) is 1. The first-order chi connectivity index (χ1) is 12.1. The highest BCUT2D eigenvalue weighted by atomic mass is 16.1. The van der Waals surface area contributed by atoms with Crippen molar-refractivity contribution in [1.82, 2.24) is 34.8 Å². The van der Waals surface area contributed by atoms with Crippen molar-refractivity contribution in [2.45, 2.75) is 18.9 Å². The molecule has 1 N–H and O–H groups in total. The molecule has 3 aromatic heterocycles. The number of aryl methyl sites for hydroxylation is 2. The van der Waals surface area contributed by atoms with Crippen LogP contribution in [0.1, 0.15) is 23.2 Å². The number of hydrogen-bond acceptors (Lipinski definition) is 6. The number of nitrogens with zero attached hydrogens (tertiary/aromatic N) is 7. The molecule has 3 aromatic rings. The van der Waals surface area contributed by atoms with Crippen molar-refractivity contribution in [2.24, 2.45) is 14.1 Å². The first kappa shape index (κ1) is 15.6. The van der Waals surface area contributed by atoms with Crippen LogP contribution in [0.5, 0.6) is 0 Å². The molecule has 25 heavy (non-hydrogen) atoms. The number of nitrogens with one attached hydrogen (secondary N) is 1. The van der Waals surface area contributed by atoms with Crippen LogP contribution in [-0.2, 0) is 14.1 Å². The predicted molar refractivity (Wildman–Crippen MR) is 92.2 cm³/mol. The molecule has 0 bridgehead atoms. The number of carbonyl (C=O) groups is 1. The van der Waals surface area contributed by atoms with Gasteiger partial charge in [0, 0.05) is 39.4 Å². The Bertz CT molecular complexity index is 906. The van der Waals surface area contributed by atoms with Crippen molar-refractivity contribution >= 4 is 22.8 Å². The molecule has 130 valence electrons. The lowest BCUT2D eigenvalue weighted by molar-refractivity contribution is 0.0931. The van der Waals surface area contributed by atoms with Crippen molar-refractivity contribution in [3.05, 3.63) is 30.5 Å². The topological polar surface area (TPSA) is 93.8 Å². The Kier molecular flexibility index (Phi) is 3.83. The molecule has 4 rings (SSSR count). The van der Waals surface area contributed by atoms with Crippen molar-refractivity contribution in [2.75, 3.05) is 18.0 Å². The highest BCUT2D eigenvalue weighted by Crippen LogP contribution is 2.25. The highest BCUT2D eigenvalue weighted by Gasteiger charge is 2.24. The summed E-state index contributed by atoms with van der Waals surface area (Å²) in [4.78, 5) is 23.2. The van der Waals surface area contributed by atoms with Crippen LogP contribution < -0.4 is 10.2 Å². The molecule has 0 radical (unpaired) electrons. The summed E-state index contributed by atoms with van der Waals surface area (Å²) in [5.41, 5.74) is 1.43. The smallest absolute Gasteiger partial charge is 0.254 e. The molecule has 0 spiro atoms. The van der Waals surface area contributed by atoms with E-state index in [1.165, 1.54) is 0 Å². The van der Waals surface area contributed by atoms with Gasteiger partial charge in [-0.15, -0.1) is 0 Å². The predicted octanol–water partition coefficient (Wildman–Crippen LogP) is 0.496. The molecule has 4 heterocycles. The lowest BCUT2D eigenvalue weighted by Gasteiger charge is -2.33.